The Morgan fingerprint density at radius 3 is 2.46 bits per heavy atom. The molecule has 1 heterocycles. The first-order valence-electron chi connectivity index (χ1n) is 4.09. The molecule has 3 heteroatoms. The number of nitrogens with zero attached hydrogens (tertiary/aromatic N) is 2. The molecule has 0 saturated heterocycles. The number of nitrogens with two attached hydrogens (primary N) is 1. The molecule has 0 aliphatic heterocycles. The lowest BCUT2D eigenvalue weighted by molar-refractivity contribution is 0.572. The maximum absolute atomic E-state index is 7.01. The predicted molar refractivity (Wildman–Crippen MR) is 53.6 cm³/mol. The van der Waals surface area contributed by atoms with Crippen molar-refractivity contribution >= 4 is 11.4 Å². The van der Waals surface area contributed by atoms with Gasteiger partial charge in [-0.3, -0.25) is 4.98 Å². The van der Waals surface area contributed by atoms with Crippen LogP contribution in [0.15, 0.2) is 12.3 Å². The van der Waals surface area contributed by atoms with Crippen molar-refractivity contribution in [2.24, 2.45) is 0 Å². The molecule has 1 aromatic heterocycles. The molecule has 0 saturated carbocycles. The first-order valence-corrected chi connectivity index (χ1v) is 4.09. The molecule has 0 fully saturated rings. The van der Waals surface area contributed by atoms with E-state index in [2.05, 4.69) is 9.83 Å². The van der Waals surface area contributed by atoms with Crippen LogP contribution in [0.25, 0.3) is 4.85 Å². The number of nitrogen functional groups attached to an aromatic ring is 1. The summed E-state index contributed by atoms with van der Waals surface area (Å²) in [5.41, 5.74) is 7.30. The zero-order valence-electron chi connectivity index (χ0n) is 8.13. The van der Waals surface area contributed by atoms with Gasteiger partial charge in [-0.1, -0.05) is 20.8 Å². The Bertz CT molecular complexity index is 355. The van der Waals surface area contributed by atoms with E-state index in [1.807, 2.05) is 20.8 Å². The third-order valence-corrected chi connectivity index (χ3v) is 1.78. The summed E-state index contributed by atoms with van der Waals surface area (Å²) >= 11 is 0. The summed E-state index contributed by atoms with van der Waals surface area (Å²) in [6.45, 7) is 13.1. The van der Waals surface area contributed by atoms with Gasteiger partial charge < -0.3 is 5.73 Å². The Kier molecular flexibility index (Phi) is 2.24. The van der Waals surface area contributed by atoms with Crippen LogP contribution >= 0.6 is 0 Å². The third-order valence-electron chi connectivity index (χ3n) is 1.78. The van der Waals surface area contributed by atoms with Crippen molar-refractivity contribution in [2.45, 2.75) is 26.2 Å². The standard InChI is InChI=1S/C10H13N3/c1-10(2,3)9-8(12-4)7(11)5-6-13-9/h5-6H,1-3H3,(H2,11,13). The van der Waals surface area contributed by atoms with E-state index in [9.17, 15) is 0 Å². The van der Waals surface area contributed by atoms with Gasteiger partial charge in [0.15, 0.2) is 0 Å². The van der Waals surface area contributed by atoms with Gasteiger partial charge in [0.1, 0.15) is 0 Å². The third kappa shape index (κ3) is 1.78. The minimum absolute atomic E-state index is 0.130. The van der Waals surface area contributed by atoms with Gasteiger partial charge in [-0.2, -0.15) is 0 Å². The monoisotopic (exact) mass is 175 g/mol. The lowest BCUT2D eigenvalue weighted by Gasteiger charge is -2.19. The molecule has 1 aromatic rings. The summed E-state index contributed by atoms with van der Waals surface area (Å²) < 4.78 is 0. The summed E-state index contributed by atoms with van der Waals surface area (Å²) in [4.78, 5) is 7.59. The van der Waals surface area contributed by atoms with Crippen molar-refractivity contribution in [3.05, 3.63) is 29.4 Å². The van der Waals surface area contributed by atoms with E-state index in [0.717, 1.165) is 5.69 Å². The van der Waals surface area contributed by atoms with E-state index in [0.29, 0.717) is 11.4 Å². The zero-order chi connectivity index (χ0) is 10.1. The highest BCUT2D eigenvalue weighted by molar-refractivity contribution is 5.70. The quantitative estimate of drug-likeness (QED) is 0.616. The molecule has 2 N–H and O–H groups in total. The van der Waals surface area contributed by atoms with E-state index < -0.39 is 0 Å². The molecule has 0 aromatic carbocycles. The summed E-state index contributed by atoms with van der Waals surface area (Å²) in [6.07, 6.45) is 1.64. The Morgan fingerprint density at radius 2 is 2.08 bits per heavy atom. The molecule has 0 aliphatic rings. The second kappa shape index (κ2) is 3.06. The van der Waals surface area contributed by atoms with Crippen molar-refractivity contribution in [2.75, 3.05) is 5.73 Å². The minimum atomic E-state index is -0.130. The van der Waals surface area contributed by atoms with Gasteiger partial charge in [-0.05, 0) is 11.5 Å². The lowest BCUT2D eigenvalue weighted by atomic mass is 9.90. The molecule has 13 heavy (non-hydrogen) atoms. The average Bonchev–Trinajstić information content (AvgIpc) is 2.02. The normalized spacial score (nSPS) is 10.9. The van der Waals surface area contributed by atoms with Crippen LogP contribution in [0, 0.1) is 6.57 Å². The molecule has 0 spiro atoms. The summed E-state index contributed by atoms with van der Waals surface area (Å²) in [5, 5.41) is 0. The van der Waals surface area contributed by atoms with Crippen molar-refractivity contribution in [1.29, 1.82) is 0 Å². The van der Waals surface area contributed by atoms with Crippen LogP contribution in [0.5, 0.6) is 0 Å². The first kappa shape index (κ1) is 9.53. The van der Waals surface area contributed by atoms with Gasteiger partial charge in [0.2, 0.25) is 5.69 Å². The fraction of sp³-hybridized carbons (Fsp3) is 0.400. The second-order valence-corrected chi connectivity index (χ2v) is 3.96. The van der Waals surface area contributed by atoms with Crippen molar-refractivity contribution < 1.29 is 0 Å². The molecule has 68 valence electrons. The summed E-state index contributed by atoms with van der Waals surface area (Å²) in [7, 11) is 0. The highest BCUT2D eigenvalue weighted by atomic mass is 14.8. The lowest BCUT2D eigenvalue weighted by Crippen LogP contribution is -2.14. The Labute approximate surface area is 78.4 Å². The molecule has 0 amide bonds. The predicted octanol–water partition coefficient (Wildman–Crippen LogP) is 2.51. The number of anilines is 1. The average molecular weight is 175 g/mol. The molecule has 0 aliphatic carbocycles. The highest BCUT2D eigenvalue weighted by Crippen LogP contribution is 2.33. The van der Waals surface area contributed by atoms with Gasteiger partial charge in [-0.25, -0.2) is 4.85 Å². The second-order valence-electron chi connectivity index (χ2n) is 3.96. The highest BCUT2D eigenvalue weighted by Gasteiger charge is 2.20. The molecular weight excluding hydrogens is 162 g/mol. The molecule has 0 radical (unpaired) electrons. The largest absolute Gasteiger partial charge is 0.407 e. The van der Waals surface area contributed by atoms with Gasteiger partial charge in [-0.15, -0.1) is 0 Å². The Hall–Kier alpha value is -1.56. The summed E-state index contributed by atoms with van der Waals surface area (Å²) in [5.74, 6) is 0. The fourth-order valence-corrected chi connectivity index (χ4v) is 1.14. The van der Waals surface area contributed by atoms with Crippen LogP contribution in [0.4, 0.5) is 11.4 Å². The van der Waals surface area contributed by atoms with E-state index >= 15 is 0 Å². The fourth-order valence-electron chi connectivity index (χ4n) is 1.14. The molecule has 1 rings (SSSR count). The number of hydrogen-bond acceptors (Lipinski definition) is 2. The SMILES string of the molecule is [C-]#[N+]c1c(N)ccnc1C(C)(C)C. The van der Waals surface area contributed by atoms with Crippen LogP contribution in [-0.2, 0) is 5.41 Å². The van der Waals surface area contributed by atoms with Gasteiger partial charge in [0, 0.05) is 11.9 Å². The van der Waals surface area contributed by atoms with E-state index in [-0.39, 0.29) is 5.41 Å². The zero-order valence-corrected chi connectivity index (χ0v) is 8.13. The minimum Gasteiger partial charge on any atom is -0.407 e. The molecule has 0 unspecified atom stereocenters. The van der Waals surface area contributed by atoms with Crippen LogP contribution in [0.2, 0.25) is 0 Å². The van der Waals surface area contributed by atoms with Crippen LogP contribution in [-0.4, -0.2) is 4.98 Å². The van der Waals surface area contributed by atoms with E-state index in [1.54, 1.807) is 12.3 Å². The van der Waals surface area contributed by atoms with Crippen molar-refractivity contribution in [3.8, 4) is 0 Å². The maximum Gasteiger partial charge on any atom is 0.230 e. The van der Waals surface area contributed by atoms with E-state index in [1.165, 1.54) is 0 Å². The smallest absolute Gasteiger partial charge is 0.230 e. The Balaban J connectivity index is 3.40. The van der Waals surface area contributed by atoms with Gasteiger partial charge in [0.05, 0.1) is 12.3 Å². The van der Waals surface area contributed by atoms with Crippen molar-refractivity contribution in [1.82, 2.24) is 4.98 Å². The molecular formula is C10H13N3. The van der Waals surface area contributed by atoms with E-state index in [4.69, 9.17) is 12.3 Å². The number of hydrogen-bond donors (Lipinski definition) is 1. The molecule has 0 atom stereocenters. The summed E-state index contributed by atoms with van der Waals surface area (Å²) in [6, 6.07) is 1.66. The van der Waals surface area contributed by atoms with Gasteiger partial charge >= 0.3 is 0 Å². The molecule has 3 nitrogen and oxygen atoms in total. The van der Waals surface area contributed by atoms with Crippen molar-refractivity contribution in [3.63, 3.8) is 0 Å². The number of pyridine rings is 1. The first-order chi connectivity index (χ1) is 5.96. The van der Waals surface area contributed by atoms with Gasteiger partial charge in [0.25, 0.3) is 0 Å². The number of rotatable bonds is 0. The molecule has 0 bridgehead atoms. The Morgan fingerprint density at radius 1 is 1.46 bits per heavy atom. The van der Waals surface area contributed by atoms with Crippen LogP contribution in [0.1, 0.15) is 26.5 Å². The number of aromatic nitrogens is 1. The van der Waals surface area contributed by atoms with Crippen LogP contribution < -0.4 is 5.73 Å². The van der Waals surface area contributed by atoms with Crippen LogP contribution in [0.3, 0.4) is 0 Å². The maximum atomic E-state index is 7.01. The topological polar surface area (TPSA) is 43.3 Å².